The molecule has 0 fully saturated rings. The number of hydrogen-bond acceptors (Lipinski definition) is 3. The first-order chi connectivity index (χ1) is 9.26. The molecule has 0 aliphatic rings. The predicted octanol–water partition coefficient (Wildman–Crippen LogP) is 2.84. The van der Waals surface area contributed by atoms with E-state index in [1.807, 2.05) is 36.4 Å². The van der Waals surface area contributed by atoms with Crippen LogP contribution in [-0.2, 0) is 0 Å². The number of nitriles is 1. The van der Waals surface area contributed by atoms with Gasteiger partial charge in [-0.15, -0.1) is 0 Å². The minimum absolute atomic E-state index is 0.0446. The molecule has 0 spiro atoms. The average Bonchev–Trinajstić information content (AvgIpc) is 2.46. The van der Waals surface area contributed by atoms with Crippen LogP contribution in [0.3, 0.4) is 0 Å². The van der Waals surface area contributed by atoms with Gasteiger partial charge in [0.05, 0.1) is 18.3 Å². The summed E-state index contributed by atoms with van der Waals surface area (Å²) in [5.74, 6) is -0.572. The van der Waals surface area contributed by atoms with Crippen molar-refractivity contribution < 1.29 is 9.50 Å². The number of rotatable bonds is 4. The van der Waals surface area contributed by atoms with Crippen LogP contribution in [0.5, 0.6) is 0 Å². The number of benzene rings is 2. The molecule has 2 N–H and O–H groups in total. The van der Waals surface area contributed by atoms with Crippen molar-refractivity contribution in [1.82, 2.24) is 0 Å². The number of nitrogens with one attached hydrogen (secondary N) is 1. The Morgan fingerprint density at radius 1 is 1.16 bits per heavy atom. The molecule has 2 rings (SSSR count). The van der Waals surface area contributed by atoms with Crippen molar-refractivity contribution in [3.63, 3.8) is 0 Å². The van der Waals surface area contributed by atoms with Crippen molar-refractivity contribution >= 4 is 5.69 Å². The predicted molar refractivity (Wildman–Crippen MR) is 71.0 cm³/mol. The molecule has 96 valence electrons. The quantitative estimate of drug-likeness (QED) is 0.884. The smallest absolute Gasteiger partial charge is 0.143 e. The van der Waals surface area contributed by atoms with Crippen LogP contribution in [0, 0.1) is 17.1 Å². The number of aliphatic hydroxyl groups is 1. The Hall–Kier alpha value is -2.38. The van der Waals surface area contributed by atoms with Crippen LogP contribution in [0.25, 0.3) is 0 Å². The molecule has 2 aromatic carbocycles. The summed E-state index contributed by atoms with van der Waals surface area (Å²) in [6, 6.07) is 15.1. The van der Waals surface area contributed by atoms with Crippen molar-refractivity contribution in [3.05, 3.63) is 65.5 Å². The maximum Gasteiger partial charge on any atom is 0.143 e. The summed E-state index contributed by atoms with van der Waals surface area (Å²) >= 11 is 0. The highest BCUT2D eigenvalue weighted by molar-refractivity contribution is 5.59. The SMILES string of the molecule is N#Cc1c(F)cccc1N[C@H](CO)c1ccccc1. The van der Waals surface area contributed by atoms with Gasteiger partial charge in [0.1, 0.15) is 17.4 Å². The normalized spacial score (nSPS) is 11.6. The van der Waals surface area contributed by atoms with E-state index in [4.69, 9.17) is 5.26 Å². The van der Waals surface area contributed by atoms with Gasteiger partial charge in [-0.1, -0.05) is 36.4 Å². The molecule has 0 bridgehead atoms. The van der Waals surface area contributed by atoms with E-state index in [-0.39, 0.29) is 18.2 Å². The number of aliphatic hydroxyl groups excluding tert-OH is 1. The fourth-order valence-electron chi connectivity index (χ4n) is 1.87. The molecule has 2 aromatic rings. The van der Waals surface area contributed by atoms with Gasteiger partial charge >= 0.3 is 0 Å². The summed E-state index contributed by atoms with van der Waals surface area (Å²) in [5, 5.41) is 21.4. The molecule has 0 saturated carbocycles. The van der Waals surface area contributed by atoms with Crippen LogP contribution >= 0.6 is 0 Å². The Bertz CT molecular complexity index is 593. The summed E-state index contributed by atoms with van der Waals surface area (Å²) in [7, 11) is 0. The fraction of sp³-hybridized carbons (Fsp3) is 0.133. The molecule has 0 saturated heterocycles. The molecule has 0 unspecified atom stereocenters. The van der Waals surface area contributed by atoms with Gasteiger partial charge in [0.25, 0.3) is 0 Å². The van der Waals surface area contributed by atoms with E-state index in [0.29, 0.717) is 5.69 Å². The summed E-state index contributed by atoms with van der Waals surface area (Å²) < 4.78 is 13.5. The first-order valence-corrected chi connectivity index (χ1v) is 5.87. The maximum atomic E-state index is 13.5. The molecule has 0 aliphatic carbocycles. The molecular formula is C15H13FN2O. The van der Waals surface area contributed by atoms with Crippen LogP contribution in [0.2, 0.25) is 0 Å². The highest BCUT2D eigenvalue weighted by Crippen LogP contribution is 2.23. The zero-order chi connectivity index (χ0) is 13.7. The van der Waals surface area contributed by atoms with Gasteiger partial charge in [-0.25, -0.2) is 4.39 Å². The van der Waals surface area contributed by atoms with E-state index >= 15 is 0 Å². The number of halogens is 1. The fourth-order valence-corrected chi connectivity index (χ4v) is 1.87. The summed E-state index contributed by atoms with van der Waals surface area (Å²) in [6.45, 7) is -0.147. The highest BCUT2D eigenvalue weighted by Gasteiger charge is 2.13. The monoisotopic (exact) mass is 256 g/mol. The van der Waals surface area contributed by atoms with E-state index < -0.39 is 5.82 Å². The van der Waals surface area contributed by atoms with Gasteiger partial charge in [0.15, 0.2) is 0 Å². The largest absolute Gasteiger partial charge is 0.394 e. The summed E-state index contributed by atoms with van der Waals surface area (Å²) in [6.07, 6.45) is 0. The van der Waals surface area contributed by atoms with E-state index in [2.05, 4.69) is 5.32 Å². The molecule has 0 aliphatic heterocycles. The Morgan fingerprint density at radius 2 is 1.89 bits per heavy atom. The second-order valence-electron chi connectivity index (χ2n) is 4.06. The zero-order valence-corrected chi connectivity index (χ0v) is 10.2. The van der Waals surface area contributed by atoms with E-state index in [9.17, 15) is 9.50 Å². The van der Waals surface area contributed by atoms with E-state index in [1.54, 1.807) is 6.07 Å². The molecular weight excluding hydrogens is 243 g/mol. The second-order valence-corrected chi connectivity index (χ2v) is 4.06. The average molecular weight is 256 g/mol. The Labute approximate surface area is 110 Å². The van der Waals surface area contributed by atoms with Crippen LogP contribution in [0.4, 0.5) is 10.1 Å². The first kappa shape index (κ1) is 13.1. The highest BCUT2D eigenvalue weighted by atomic mass is 19.1. The number of anilines is 1. The Morgan fingerprint density at radius 3 is 2.53 bits per heavy atom. The molecule has 0 heterocycles. The maximum absolute atomic E-state index is 13.5. The number of nitrogens with zero attached hydrogens (tertiary/aromatic N) is 1. The van der Waals surface area contributed by atoms with Crippen molar-refractivity contribution in [1.29, 1.82) is 5.26 Å². The van der Waals surface area contributed by atoms with Crippen LogP contribution in [0.15, 0.2) is 48.5 Å². The molecule has 0 aromatic heterocycles. The lowest BCUT2D eigenvalue weighted by Gasteiger charge is -2.18. The van der Waals surface area contributed by atoms with Gasteiger partial charge in [-0.05, 0) is 17.7 Å². The Balaban J connectivity index is 2.30. The van der Waals surface area contributed by atoms with Gasteiger partial charge in [-0.3, -0.25) is 0 Å². The Kier molecular flexibility index (Phi) is 4.11. The molecule has 4 heteroatoms. The molecule has 1 atom stereocenters. The zero-order valence-electron chi connectivity index (χ0n) is 10.2. The molecule has 19 heavy (non-hydrogen) atoms. The summed E-state index contributed by atoms with van der Waals surface area (Å²) in [4.78, 5) is 0. The first-order valence-electron chi connectivity index (χ1n) is 5.87. The molecule has 3 nitrogen and oxygen atoms in total. The van der Waals surface area contributed by atoms with Gasteiger partial charge < -0.3 is 10.4 Å². The second kappa shape index (κ2) is 5.98. The van der Waals surface area contributed by atoms with Gasteiger partial charge in [-0.2, -0.15) is 5.26 Å². The molecule has 0 amide bonds. The molecule has 0 radical (unpaired) electrons. The lowest BCUT2D eigenvalue weighted by Crippen LogP contribution is -2.15. The van der Waals surface area contributed by atoms with Crippen molar-refractivity contribution in [2.45, 2.75) is 6.04 Å². The van der Waals surface area contributed by atoms with Crippen molar-refractivity contribution in [2.24, 2.45) is 0 Å². The summed E-state index contributed by atoms with van der Waals surface area (Å²) in [5.41, 5.74) is 1.21. The van der Waals surface area contributed by atoms with E-state index in [1.165, 1.54) is 12.1 Å². The van der Waals surface area contributed by atoms with Crippen LogP contribution in [-0.4, -0.2) is 11.7 Å². The third-order valence-electron chi connectivity index (χ3n) is 2.84. The van der Waals surface area contributed by atoms with Crippen LogP contribution < -0.4 is 5.32 Å². The van der Waals surface area contributed by atoms with Gasteiger partial charge in [0, 0.05) is 0 Å². The number of hydrogen-bond donors (Lipinski definition) is 2. The minimum Gasteiger partial charge on any atom is -0.394 e. The minimum atomic E-state index is -0.572. The topological polar surface area (TPSA) is 56.0 Å². The lowest BCUT2D eigenvalue weighted by molar-refractivity contribution is 0.276. The van der Waals surface area contributed by atoms with Gasteiger partial charge in [0.2, 0.25) is 0 Å². The third kappa shape index (κ3) is 2.90. The lowest BCUT2D eigenvalue weighted by atomic mass is 10.1. The van der Waals surface area contributed by atoms with E-state index in [0.717, 1.165) is 5.56 Å². The standard InChI is InChI=1S/C15H13FN2O/c16-13-7-4-8-14(12(13)9-17)18-15(10-19)11-5-2-1-3-6-11/h1-8,15,18-19H,10H2/t15-/m1/s1. The van der Waals surface area contributed by atoms with Crippen molar-refractivity contribution in [3.8, 4) is 6.07 Å². The third-order valence-corrected chi connectivity index (χ3v) is 2.84. The van der Waals surface area contributed by atoms with Crippen LogP contribution in [0.1, 0.15) is 17.2 Å². The van der Waals surface area contributed by atoms with Crippen molar-refractivity contribution in [2.75, 3.05) is 11.9 Å².